The molecule has 0 aliphatic rings. The lowest BCUT2D eigenvalue weighted by atomic mass is 10.6. The molecular weight excluding hydrogens is 150 g/mol. The summed E-state index contributed by atoms with van der Waals surface area (Å²) in [5.41, 5.74) is 0.691. The Labute approximate surface area is 62.3 Å². The van der Waals surface area contributed by atoms with E-state index in [9.17, 15) is 0 Å². The van der Waals surface area contributed by atoms with Crippen LogP contribution in [0.2, 0.25) is 5.02 Å². The molecule has 0 unspecified atom stereocenters. The van der Waals surface area contributed by atoms with E-state index in [4.69, 9.17) is 11.6 Å². The van der Waals surface area contributed by atoms with Crippen molar-refractivity contribution in [2.75, 3.05) is 0 Å². The van der Waals surface area contributed by atoms with E-state index >= 15 is 0 Å². The molecule has 0 saturated heterocycles. The average Bonchev–Trinajstić information content (AvgIpc) is 2.36. The summed E-state index contributed by atoms with van der Waals surface area (Å²) < 4.78 is 1.71. The van der Waals surface area contributed by atoms with Crippen LogP contribution >= 0.6 is 11.6 Å². The van der Waals surface area contributed by atoms with Crippen LogP contribution in [0.15, 0.2) is 18.7 Å². The van der Waals surface area contributed by atoms with Crippen LogP contribution < -0.4 is 0 Å². The van der Waals surface area contributed by atoms with Gasteiger partial charge in [0, 0.05) is 6.20 Å². The summed E-state index contributed by atoms with van der Waals surface area (Å²) in [6.45, 7) is 0. The summed E-state index contributed by atoms with van der Waals surface area (Å²) in [5.74, 6) is 0. The molecule has 0 spiro atoms. The summed E-state index contributed by atoms with van der Waals surface area (Å²) in [5, 5.41) is 0.545. The molecular formula is C6H3ClN3. The Bertz CT molecular complexity index is 355. The zero-order valence-corrected chi connectivity index (χ0v) is 5.71. The number of hydrogen-bond donors (Lipinski definition) is 0. The zero-order chi connectivity index (χ0) is 6.97. The molecule has 2 heterocycles. The lowest BCUT2D eigenvalue weighted by molar-refractivity contribution is 1.09. The third-order valence-corrected chi connectivity index (χ3v) is 1.47. The Balaban J connectivity index is 2.95. The van der Waals surface area contributed by atoms with Crippen molar-refractivity contribution in [3.8, 4) is 0 Å². The Hall–Kier alpha value is -1.09. The predicted molar refractivity (Wildman–Crippen MR) is 36.8 cm³/mol. The van der Waals surface area contributed by atoms with Crippen molar-refractivity contribution in [2.24, 2.45) is 0 Å². The highest BCUT2D eigenvalue weighted by Crippen LogP contribution is 2.11. The van der Waals surface area contributed by atoms with Gasteiger partial charge in [0.05, 0.1) is 6.20 Å². The maximum atomic E-state index is 5.73. The molecule has 4 heteroatoms. The summed E-state index contributed by atoms with van der Waals surface area (Å²) in [7, 11) is 0. The van der Waals surface area contributed by atoms with Crippen molar-refractivity contribution < 1.29 is 0 Å². The Morgan fingerprint density at radius 2 is 2.50 bits per heavy atom. The minimum atomic E-state index is 0.545. The third-order valence-electron chi connectivity index (χ3n) is 1.20. The molecule has 0 atom stereocenters. The van der Waals surface area contributed by atoms with E-state index in [-0.39, 0.29) is 0 Å². The molecule has 49 valence electrons. The topological polar surface area (TPSA) is 30.2 Å². The second-order valence-electron chi connectivity index (χ2n) is 1.84. The SMILES string of the molecule is Clc1cncn2c[c]nc12. The van der Waals surface area contributed by atoms with Gasteiger partial charge >= 0.3 is 0 Å². The van der Waals surface area contributed by atoms with Crippen LogP contribution in [0.4, 0.5) is 0 Å². The fourth-order valence-corrected chi connectivity index (χ4v) is 0.960. The Kier molecular flexibility index (Phi) is 1.11. The van der Waals surface area contributed by atoms with E-state index in [1.54, 1.807) is 23.1 Å². The fraction of sp³-hybridized carbons (Fsp3) is 0. The first kappa shape index (κ1) is 5.68. The molecule has 1 radical (unpaired) electrons. The van der Waals surface area contributed by atoms with Crippen LogP contribution in [0.25, 0.3) is 5.65 Å². The maximum absolute atomic E-state index is 5.73. The van der Waals surface area contributed by atoms with Gasteiger partial charge in [-0.1, -0.05) is 11.6 Å². The Morgan fingerprint density at radius 3 is 3.30 bits per heavy atom. The summed E-state index contributed by atoms with van der Waals surface area (Å²) in [6.07, 6.45) is 7.52. The first-order valence-corrected chi connectivity index (χ1v) is 3.10. The molecule has 3 nitrogen and oxygen atoms in total. The largest absolute Gasteiger partial charge is 0.288 e. The maximum Gasteiger partial charge on any atom is 0.159 e. The summed E-state index contributed by atoms with van der Waals surface area (Å²) in [6, 6.07) is 0. The molecule has 2 aromatic heterocycles. The van der Waals surface area contributed by atoms with Gasteiger partial charge in [-0.15, -0.1) is 0 Å². The van der Waals surface area contributed by atoms with Crippen LogP contribution in [0.5, 0.6) is 0 Å². The number of fused-ring (bicyclic) bond motifs is 1. The molecule has 0 saturated carbocycles. The van der Waals surface area contributed by atoms with Gasteiger partial charge in [-0.25, -0.2) is 9.97 Å². The molecule has 0 fully saturated rings. The van der Waals surface area contributed by atoms with Gasteiger partial charge in [0.2, 0.25) is 0 Å². The highest BCUT2D eigenvalue weighted by molar-refractivity contribution is 6.33. The van der Waals surface area contributed by atoms with Crippen molar-refractivity contribution in [1.29, 1.82) is 0 Å². The number of aromatic nitrogens is 3. The standard InChI is InChI=1S/C6H3ClN3/c7-5-3-8-4-10-2-1-9-6(5)10/h2-4H. The highest BCUT2D eigenvalue weighted by atomic mass is 35.5. The molecule has 0 aliphatic carbocycles. The third kappa shape index (κ3) is 0.675. The summed E-state index contributed by atoms with van der Waals surface area (Å²) >= 11 is 5.73. The molecule has 2 rings (SSSR count). The van der Waals surface area contributed by atoms with Gasteiger partial charge in [0.15, 0.2) is 5.65 Å². The van der Waals surface area contributed by atoms with Crippen LogP contribution in [-0.4, -0.2) is 14.4 Å². The summed E-state index contributed by atoms with van der Waals surface area (Å²) in [4.78, 5) is 7.74. The lowest BCUT2D eigenvalue weighted by Crippen LogP contribution is -1.84. The number of nitrogens with zero attached hydrogens (tertiary/aromatic N) is 3. The molecule has 0 aliphatic heterocycles. The lowest BCUT2D eigenvalue weighted by Gasteiger charge is -1.91. The minimum Gasteiger partial charge on any atom is -0.288 e. The van der Waals surface area contributed by atoms with E-state index in [1.807, 2.05) is 0 Å². The van der Waals surface area contributed by atoms with E-state index in [2.05, 4.69) is 16.2 Å². The van der Waals surface area contributed by atoms with Gasteiger partial charge in [0.25, 0.3) is 0 Å². The van der Waals surface area contributed by atoms with Crippen LogP contribution in [0.1, 0.15) is 0 Å². The molecule has 10 heavy (non-hydrogen) atoms. The first-order chi connectivity index (χ1) is 4.88. The van der Waals surface area contributed by atoms with E-state index < -0.39 is 0 Å². The van der Waals surface area contributed by atoms with E-state index in [0.717, 1.165) is 0 Å². The predicted octanol–water partition coefficient (Wildman–Crippen LogP) is 1.18. The zero-order valence-electron chi connectivity index (χ0n) is 4.95. The number of hydrogen-bond acceptors (Lipinski definition) is 2. The van der Waals surface area contributed by atoms with Gasteiger partial charge in [-0.2, -0.15) is 0 Å². The first-order valence-electron chi connectivity index (χ1n) is 2.72. The van der Waals surface area contributed by atoms with Crippen molar-refractivity contribution in [3.05, 3.63) is 29.9 Å². The minimum absolute atomic E-state index is 0.545. The second kappa shape index (κ2) is 1.95. The quantitative estimate of drug-likeness (QED) is 0.568. The molecule has 0 aromatic carbocycles. The molecule has 0 bridgehead atoms. The van der Waals surface area contributed by atoms with Crippen LogP contribution in [0, 0.1) is 6.20 Å². The van der Waals surface area contributed by atoms with Gasteiger partial charge in [-0.3, -0.25) is 4.40 Å². The van der Waals surface area contributed by atoms with Crippen molar-refractivity contribution in [2.45, 2.75) is 0 Å². The van der Waals surface area contributed by atoms with E-state index in [1.165, 1.54) is 0 Å². The number of rotatable bonds is 0. The van der Waals surface area contributed by atoms with Crippen LogP contribution in [-0.2, 0) is 0 Å². The Morgan fingerprint density at radius 1 is 1.60 bits per heavy atom. The fourth-order valence-electron chi connectivity index (χ4n) is 0.764. The smallest absolute Gasteiger partial charge is 0.159 e. The monoisotopic (exact) mass is 152 g/mol. The van der Waals surface area contributed by atoms with Gasteiger partial charge < -0.3 is 0 Å². The normalized spacial score (nSPS) is 10.5. The second-order valence-corrected chi connectivity index (χ2v) is 2.25. The number of halogens is 1. The molecule has 2 aromatic rings. The van der Waals surface area contributed by atoms with Crippen molar-refractivity contribution >= 4 is 17.2 Å². The molecule has 0 amide bonds. The molecule has 0 N–H and O–H groups in total. The van der Waals surface area contributed by atoms with Crippen LogP contribution in [0.3, 0.4) is 0 Å². The van der Waals surface area contributed by atoms with Gasteiger partial charge in [-0.05, 0) is 0 Å². The van der Waals surface area contributed by atoms with Gasteiger partial charge in [0.1, 0.15) is 17.5 Å². The number of imidazole rings is 1. The van der Waals surface area contributed by atoms with E-state index in [0.29, 0.717) is 10.7 Å². The average molecular weight is 153 g/mol. The highest BCUT2D eigenvalue weighted by Gasteiger charge is 1.97. The van der Waals surface area contributed by atoms with Crippen molar-refractivity contribution in [3.63, 3.8) is 0 Å². The van der Waals surface area contributed by atoms with Crippen molar-refractivity contribution in [1.82, 2.24) is 14.4 Å².